The highest BCUT2D eigenvalue weighted by atomic mass is 19.1. The molecule has 0 amide bonds. The first-order valence-electron chi connectivity index (χ1n) is 14.1. The van der Waals surface area contributed by atoms with Crippen molar-refractivity contribution in [3.8, 4) is 5.75 Å². The molecule has 1 aliphatic rings. The van der Waals surface area contributed by atoms with E-state index >= 15 is 0 Å². The zero-order valence-electron chi connectivity index (χ0n) is 21.5. The van der Waals surface area contributed by atoms with Crippen LogP contribution in [0.2, 0.25) is 0 Å². The van der Waals surface area contributed by atoms with Gasteiger partial charge in [-0.2, -0.15) is 0 Å². The van der Waals surface area contributed by atoms with Crippen LogP contribution in [0.15, 0.2) is 18.2 Å². The Bertz CT molecular complexity index is 649. The number of aryl methyl sites for hydroxylation is 1. The summed E-state index contributed by atoms with van der Waals surface area (Å²) in [5.41, 5.74) is 0.729. The van der Waals surface area contributed by atoms with Gasteiger partial charge in [-0.1, -0.05) is 116 Å². The quantitative estimate of drug-likeness (QED) is 0.131. The summed E-state index contributed by atoms with van der Waals surface area (Å²) in [6.45, 7) is 4.48. The van der Waals surface area contributed by atoms with Gasteiger partial charge in [0.1, 0.15) is 11.6 Å². The normalized spacial score (nSPS) is 18.4. The van der Waals surface area contributed by atoms with Crippen molar-refractivity contribution in [1.82, 2.24) is 0 Å². The van der Waals surface area contributed by atoms with E-state index in [0.29, 0.717) is 18.1 Å². The molecule has 1 saturated carbocycles. The van der Waals surface area contributed by atoms with Crippen LogP contribution in [0, 0.1) is 17.7 Å². The molecular weight excluding hydrogens is 411 g/mol. The van der Waals surface area contributed by atoms with Gasteiger partial charge in [0, 0.05) is 12.5 Å². The van der Waals surface area contributed by atoms with Crippen LogP contribution >= 0.6 is 0 Å². The van der Waals surface area contributed by atoms with Crippen LogP contribution in [0.25, 0.3) is 0 Å². The van der Waals surface area contributed by atoms with Crippen molar-refractivity contribution in [2.24, 2.45) is 11.8 Å². The first kappa shape index (κ1) is 27.9. The standard InChI is InChI=1S/C30H49FO2/c1-3-5-7-9-11-13-15-27-21-22-28(24-29(27)31)33-30(32)23-20-26-18-16-25(17-19-26)14-12-10-8-6-4-2/h21-22,24-26H,3-20,23H2,1-2H3. The molecule has 0 spiro atoms. The molecule has 0 heterocycles. The summed E-state index contributed by atoms with van der Waals surface area (Å²) in [4.78, 5) is 12.3. The molecule has 1 fully saturated rings. The lowest BCUT2D eigenvalue weighted by molar-refractivity contribution is -0.134. The average molecular weight is 461 g/mol. The summed E-state index contributed by atoms with van der Waals surface area (Å²) in [6, 6.07) is 4.92. The molecule has 0 N–H and O–H groups in total. The van der Waals surface area contributed by atoms with Crippen LogP contribution < -0.4 is 4.74 Å². The van der Waals surface area contributed by atoms with E-state index < -0.39 is 0 Å². The molecule has 0 radical (unpaired) electrons. The second-order valence-corrected chi connectivity index (χ2v) is 10.4. The molecule has 2 nitrogen and oxygen atoms in total. The summed E-state index contributed by atoms with van der Waals surface area (Å²) < 4.78 is 19.8. The van der Waals surface area contributed by atoms with Gasteiger partial charge in [0.2, 0.25) is 0 Å². The minimum Gasteiger partial charge on any atom is -0.426 e. The molecule has 0 saturated heterocycles. The minimum atomic E-state index is -0.248. The van der Waals surface area contributed by atoms with E-state index in [1.807, 2.05) is 0 Å². The van der Waals surface area contributed by atoms with E-state index in [-0.39, 0.29) is 11.8 Å². The second-order valence-electron chi connectivity index (χ2n) is 10.4. The van der Waals surface area contributed by atoms with Crippen LogP contribution in [0.1, 0.15) is 135 Å². The Balaban J connectivity index is 1.59. The summed E-state index contributed by atoms with van der Waals surface area (Å²) in [5.74, 6) is 1.41. The van der Waals surface area contributed by atoms with Crippen molar-refractivity contribution < 1.29 is 13.9 Å². The first-order valence-corrected chi connectivity index (χ1v) is 14.1. The highest BCUT2D eigenvalue weighted by Crippen LogP contribution is 2.34. The third-order valence-corrected chi connectivity index (χ3v) is 7.49. The van der Waals surface area contributed by atoms with Gasteiger partial charge in [-0.3, -0.25) is 4.79 Å². The summed E-state index contributed by atoms with van der Waals surface area (Å²) >= 11 is 0. The fourth-order valence-corrected chi connectivity index (χ4v) is 5.24. The van der Waals surface area contributed by atoms with Gasteiger partial charge in [-0.15, -0.1) is 0 Å². The van der Waals surface area contributed by atoms with Gasteiger partial charge >= 0.3 is 5.97 Å². The summed E-state index contributed by atoms with van der Waals surface area (Å²) in [5, 5.41) is 0. The van der Waals surface area contributed by atoms with Crippen LogP contribution in [0.4, 0.5) is 4.39 Å². The predicted molar refractivity (Wildman–Crippen MR) is 137 cm³/mol. The summed E-state index contributed by atoms with van der Waals surface area (Å²) in [6.07, 6.45) is 22.7. The predicted octanol–water partition coefficient (Wildman–Crippen LogP) is 9.58. The van der Waals surface area contributed by atoms with Crippen molar-refractivity contribution in [2.45, 2.75) is 136 Å². The number of halogens is 1. The Morgan fingerprint density at radius 3 is 2.03 bits per heavy atom. The maximum atomic E-state index is 14.4. The summed E-state index contributed by atoms with van der Waals surface area (Å²) in [7, 11) is 0. The van der Waals surface area contributed by atoms with Crippen LogP contribution in [-0.4, -0.2) is 5.97 Å². The highest BCUT2D eigenvalue weighted by molar-refractivity contribution is 5.72. The molecule has 33 heavy (non-hydrogen) atoms. The fraction of sp³-hybridized carbons (Fsp3) is 0.767. The minimum absolute atomic E-state index is 0.226. The number of carbonyl (C=O) groups excluding carboxylic acids is 1. The SMILES string of the molecule is CCCCCCCCc1ccc(OC(=O)CCC2CCC(CCCCCCC)CC2)cc1F. The molecule has 1 aromatic rings. The van der Waals surface area contributed by atoms with Gasteiger partial charge < -0.3 is 4.74 Å². The fourth-order valence-electron chi connectivity index (χ4n) is 5.24. The van der Waals surface area contributed by atoms with Gasteiger partial charge in [0.05, 0.1) is 0 Å². The molecule has 2 rings (SSSR count). The number of unbranched alkanes of at least 4 members (excludes halogenated alkanes) is 9. The molecule has 1 aliphatic carbocycles. The number of rotatable bonds is 17. The Labute approximate surface area is 203 Å². The van der Waals surface area contributed by atoms with Gasteiger partial charge in [0.15, 0.2) is 0 Å². The van der Waals surface area contributed by atoms with E-state index in [0.717, 1.165) is 37.2 Å². The zero-order chi connectivity index (χ0) is 23.7. The number of esters is 1. The molecule has 0 bridgehead atoms. The Kier molecular flexibility index (Phi) is 14.4. The molecule has 0 aromatic heterocycles. The van der Waals surface area contributed by atoms with Crippen molar-refractivity contribution in [3.63, 3.8) is 0 Å². The molecule has 0 unspecified atom stereocenters. The topological polar surface area (TPSA) is 26.3 Å². The number of benzene rings is 1. The zero-order valence-corrected chi connectivity index (χ0v) is 21.5. The van der Waals surface area contributed by atoms with Gasteiger partial charge in [0.25, 0.3) is 0 Å². The smallest absolute Gasteiger partial charge is 0.311 e. The van der Waals surface area contributed by atoms with Gasteiger partial charge in [-0.25, -0.2) is 4.39 Å². The van der Waals surface area contributed by atoms with Crippen molar-refractivity contribution in [2.75, 3.05) is 0 Å². The van der Waals surface area contributed by atoms with E-state index in [1.165, 1.54) is 96.0 Å². The lowest BCUT2D eigenvalue weighted by atomic mass is 9.78. The largest absolute Gasteiger partial charge is 0.426 e. The van der Waals surface area contributed by atoms with E-state index in [4.69, 9.17) is 4.74 Å². The molecule has 0 aliphatic heterocycles. The Morgan fingerprint density at radius 1 is 0.818 bits per heavy atom. The number of hydrogen-bond donors (Lipinski definition) is 0. The second kappa shape index (κ2) is 17.1. The molecular formula is C30H49FO2. The van der Waals surface area contributed by atoms with E-state index in [2.05, 4.69) is 13.8 Å². The van der Waals surface area contributed by atoms with Crippen molar-refractivity contribution in [1.29, 1.82) is 0 Å². The van der Waals surface area contributed by atoms with Crippen LogP contribution in [0.5, 0.6) is 5.75 Å². The van der Waals surface area contributed by atoms with Crippen molar-refractivity contribution in [3.05, 3.63) is 29.6 Å². The Hall–Kier alpha value is -1.38. The van der Waals surface area contributed by atoms with Crippen LogP contribution in [0.3, 0.4) is 0 Å². The average Bonchev–Trinajstić information content (AvgIpc) is 2.82. The van der Waals surface area contributed by atoms with Crippen molar-refractivity contribution >= 4 is 5.97 Å². The highest BCUT2D eigenvalue weighted by Gasteiger charge is 2.22. The van der Waals surface area contributed by atoms with E-state index in [1.54, 1.807) is 12.1 Å². The van der Waals surface area contributed by atoms with Gasteiger partial charge in [-0.05, 0) is 42.7 Å². The molecule has 3 heteroatoms. The first-order chi connectivity index (χ1) is 16.1. The van der Waals surface area contributed by atoms with E-state index in [9.17, 15) is 9.18 Å². The number of carbonyl (C=O) groups is 1. The third kappa shape index (κ3) is 12.1. The number of hydrogen-bond acceptors (Lipinski definition) is 2. The third-order valence-electron chi connectivity index (χ3n) is 7.49. The van der Waals surface area contributed by atoms with Crippen LogP contribution in [-0.2, 0) is 11.2 Å². The monoisotopic (exact) mass is 460 g/mol. The molecule has 188 valence electrons. The maximum Gasteiger partial charge on any atom is 0.311 e. The lowest BCUT2D eigenvalue weighted by Crippen LogP contribution is -2.17. The lowest BCUT2D eigenvalue weighted by Gasteiger charge is -2.28. The number of ether oxygens (including phenoxy) is 1. The molecule has 0 atom stereocenters. The molecule has 1 aromatic carbocycles. The maximum absolute atomic E-state index is 14.4. The Morgan fingerprint density at radius 2 is 1.39 bits per heavy atom.